The summed E-state index contributed by atoms with van der Waals surface area (Å²) in [5, 5.41) is 7.72. The second-order valence-corrected chi connectivity index (χ2v) is 12.1. The van der Waals surface area contributed by atoms with Crippen molar-refractivity contribution in [3.05, 3.63) is 83.6 Å². The molecule has 2 aromatic carbocycles. The van der Waals surface area contributed by atoms with Crippen LogP contribution in [0.4, 0.5) is 5.69 Å². The van der Waals surface area contributed by atoms with Crippen molar-refractivity contribution in [2.45, 2.75) is 23.8 Å². The summed E-state index contributed by atoms with van der Waals surface area (Å²) in [6.45, 7) is 4.39. The Labute approximate surface area is 214 Å². The van der Waals surface area contributed by atoms with Gasteiger partial charge in [0.1, 0.15) is 0 Å². The van der Waals surface area contributed by atoms with Crippen LogP contribution in [0.25, 0.3) is 11.1 Å². The van der Waals surface area contributed by atoms with Crippen molar-refractivity contribution in [3.63, 3.8) is 0 Å². The SMILES string of the molecule is C=CC(=O)NC1CC2CN(S(=O)(=O)c3ccc(NC(=O)c4cc(-c5ccccc5)cs4)cc3)CC2C1. The third kappa shape index (κ3) is 5.00. The number of benzene rings is 2. The molecule has 1 aliphatic carbocycles. The molecule has 9 heteroatoms. The molecule has 5 rings (SSSR count). The van der Waals surface area contributed by atoms with Crippen LogP contribution in [0.1, 0.15) is 22.5 Å². The summed E-state index contributed by atoms with van der Waals surface area (Å²) in [7, 11) is -3.63. The molecule has 0 radical (unpaired) electrons. The van der Waals surface area contributed by atoms with Gasteiger partial charge in [0.15, 0.2) is 0 Å². The summed E-state index contributed by atoms with van der Waals surface area (Å²) in [6.07, 6.45) is 2.81. The number of carbonyl (C=O) groups excluding carboxylic acids is 2. The highest BCUT2D eigenvalue weighted by atomic mass is 32.2. The van der Waals surface area contributed by atoms with Gasteiger partial charge in [0.2, 0.25) is 15.9 Å². The molecule has 186 valence electrons. The van der Waals surface area contributed by atoms with Crippen LogP contribution in [0.5, 0.6) is 0 Å². The first-order chi connectivity index (χ1) is 17.3. The van der Waals surface area contributed by atoms with E-state index in [2.05, 4.69) is 17.2 Å². The lowest BCUT2D eigenvalue weighted by atomic mass is 10.0. The molecule has 1 saturated carbocycles. The van der Waals surface area contributed by atoms with Crippen LogP contribution in [0.3, 0.4) is 0 Å². The molecule has 2 aliphatic rings. The maximum absolute atomic E-state index is 13.2. The smallest absolute Gasteiger partial charge is 0.265 e. The van der Waals surface area contributed by atoms with Gasteiger partial charge in [0, 0.05) is 24.8 Å². The monoisotopic (exact) mass is 521 g/mol. The molecule has 1 aromatic heterocycles. The summed E-state index contributed by atoms with van der Waals surface area (Å²) >= 11 is 1.37. The standard InChI is InChI=1S/C27H27N3O4S2/c1-2-26(31)28-23-12-19-15-30(16-20(19)13-23)36(33,34)24-10-8-22(9-11-24)29-27(32)25-14-21(17-35-25)18-6-4-3-5-7-18/h2-11,14,17,19-20,23H,1,12-13,15-16H2,(H,28,31)(H,29,32). The van der Waals surface area contributed by atoms with Gasteiger partial charge in [-0.15, -0.1) is 11.3 Å². The van der Waals surface area contributed by atoms with Gasteiger partial charge in [-0.25, -0.2) is 8.42 Å². The second kappa shape index (κ2) is 10.0. The van der Waals surface area contributed by atoms with E-state index in [0.717, 1.165) is 24.0 Å². The van der Waals surface area contributed by atoms with E-state index >= 15 is 0 Å². The number of nitrogens with one attached hydrogen (secondary N) is 2. The van der Waals surface area contributed by atoms with Crippen molar-refractivity contribution in [3.8, 4) is 11.1 Å². The third-order valence-electron chi connectivity index (χ3n) is 6.93. The molecular formula is C27H27N3O4S2. The predicted molar refractivity (Wildman–Crippen MR) is 141 cm³/mol. The average molecular weight is 522 g/mol. The van der Waals surface area contributed by atoms with Crippen molar-refractivity contribution < 1.29 is 18.0 Å². The summed E-state index contributed by atoms with van der Waals surface area (Å²) in [5.74, 6) is 0.0515. The first-order valence-electron chi connectivity index (χ1n) is 11.8. The van der Waals surface area contributed by atoms with E-state index in [4.69, 9.17) is 0 Å². The lowest BCUT2D eigenvalue weighted by Crippen LogP contribution is -2.35. The fourth-order valence-electron chi connectivity index (χ4n) is 5.12. The highest BCUT2D eigenvalue weighted by Gasteiger charge is 2.45. The van der Waals surface area contributed by atoms with Gasteiger partial charge in [-0.05, 0) is 77.6 Å². The van der Waals surface area contributed by atoms with E-state index in [9.17, 15) is 18.0 Å². The van der Waals surface area contributed by atoms with E-state index in [1.165, 1.54) is 33.9 Å². The van der Waals surface area contributed by atoms with Crippen LogP contribution in [-0.2, 0) is 14.8 Å². The Kier molecular flexibility index (Phi) is 6.79. The lowest BCUT2D eigenvalue weighted by Gasteiger charge is -2.19. The molecule has 7 nitrogen and oxygen atoms in total. The topological polar surface area (TPSA) is 95.6 Å². The quantitative estimate of drug-likeness (QED) is 0.452. The van der Waals surface area contributed by atoms with Crippen LogP contribution in [0.15, 0.2) is 83.6 Å². The van der Waals surface area contributed by atoms with E-state index in [1.54, 1.807) is 12.1 Å². The van der Waals surface area contributed by atoms with Crippen molar-refractivity contribution in [2.75, 3.05) is 18.4 Å². The van der Waals surface area contributed by atoms with Crippen molar-refractivity contribution in [1.82, 2.24) is 9.62 Å². The Morgan fingerprint density at radius 2 is 1.64 bits per heavy atom. The molecule has 0 bridgehead atoms. The summed E-state index contributed by atoms with van der Waals surface area (Å²) in [5.41, 5.74) is 2.56. The number of sulfonamides is 1. The number of hydrogen-bond donors (Lipinski definition) is 2. The number of thiophene rings is 1. The molecule has 0 spiro atoms. The predicted octanol–water partition coefficient (Wildman–Crippen LogP) is 4.37. The summed E-state index contributed by atoms with van der Waals surface area (Å²) in [4.78, 5) is 25.1. The molecule has 2 unspecified atom stereocenters. The Bertz CT molecular complexity index is 1370. The molecule has 1 aliphatic heterocycles. The number of nitrogens with zero attached hydrogens (tertiary/aromatic N) is 1. The average Bonchev–Trinajstić information content (AvgIpc) is 3.60. The van der Waals surface area contributed by atoms with Crippen LogP contribution in [-0.4, -0.2) is 43.7 Å². The van der Waals surface area contributed by atoms with Crippen molar-refractivity contribution in [2.24, 2.45) is 11.8 Å². The summed E-state index contributed by atoms with van der Waals surface area (Å²) < 4.78 is 28.0. The van der Waals surface area contributed by atoms with Crippen LogP contribution in [0.2, 0.25) is 0 Å². The first-order valence-corrected chi connectivity index (χ1v) is 14.1. The minimum Gasteiger partial charge on any atom is -0.350 e. The number of amides is 2. The summed E-state index contributed by atoms with van der Waals surface area (Å²) in [6, 6.07) is 18.1. The molecular weight excluding hydrogens is 494 g/mol. The van der Waals surface area contributed by atoms with Gasteiger partial charge < -0.3 is 10.6 Å². The van der Waals surface area contributed by atoms with Crippen LogP contribution >= 0.6 is 11.3 Å². The van der Waals surface area contributed by atoms with Crippen molar-refractivity contribution >= 4 is 38.9 Å². The molecule has 2 amide bonds. The molecule has 36 heavy (non-hydrogen) atoms. The van der Waals surface area contributed by atoms with Gasteiger partial charge in [0.25, 0.3) is 5.91 Å². The van der Waals surface area contributed by atoms with Gasteiger partial charge in [-0.3, -0.25) is 9.59 Å². The number of rotatable bonds is 7. The number of anilines is 1. The molecule has 2 fully saturated rings. The number of hydrogen-bond acceptors (Lipinski definition) is 5. The Balaban J connectivity index is 1.20. The van der Waals surface area contributed by atoms with Gasteiger partial charge in [0.05, 0.1) is 9.77 Å². The Morgan fingerprint density at radius 1 is 0.972 bits per heavy atom. The highest BCUT2D eigenvalue weighted by Crippen LogP contribution is 2.40. The number of fused-ring (bicyclic) bond motifs is 1. The van der Waals surface area contributed by atoms with E-state index in [0.29, 0.717) is 23.7 Å². The van der Waals surface area contributed by atoms with Crippen LogP contribution in [0, 0.1) is 11.8 Å². The lowest BCUT2D eigenvalue weighted by molar-refractivity contribution is -0.117. The van der Waals surface area contributed by atoms with Gasteiger partial charge >= 0.3 is 0 Å². The zero-order valence-electron chi connectivity index (χ0n) is 19.6. The molecule has 2 heterocycles. The maximum Gasteiger partial charge on any atom is 0.265 e. The molecule has 2 atom stereocenters. The normalized spacial score (nSPS) is 21.6. The van der Waals surface area contributed by atoms with Crippen LogP contribution < -0.4 is 10.6 Å². The minimum atomic E-state index is -3.63. The largest absolute Gasteiger partial charge is 0.350 e. The molecule has 2 N–H and O–H groups in total. The van der Waals surface area contributed by atoms with E-state index in [-0.39, 0.29) is 34.6 Å². The van der Waals surface area contributed by atoms with E-state index in [1.807, 2.05) is 41.8 Å². The maximum atomic E-state index is 13.2. The zero-order valence-corrected chi connectivity index (χ0v) is 21.2. The third-order valence-corrected chi connectivity index (χ3v) is 9.70. The van der Waals surface area contributed by atoms with Gasteiger partial charge in [-0.1, -0.05) is 36.9 Å². The molecule has 3 aromatic rings. The van der Waals surface area contributed by atoms with Gasteiger partial charge in [-0.2, -0.15) is 4.31 Å². The van der Waals surface area contributed by atoms with Crippen molar-refractivity contribution in [1.29, 1.82) is 0 Å². The van der Waals surface area contributed by atoms with E-state index < -0.39 is 10.0 Å². The minimum absolute atomic E-state index is 0.0744. The fraction of sp³-hybridized carbons (Fsp3) is 0.259. The second-order valence-electron chi connectivity index (χ2n) is 9.27. The first kappa shape index (κ1) is 24.4. The number of carbonyl (C=O) groups is 2. The Morgan fingerprint density at radius 3 is 2.28 bits per heavy atom. The Hall–Kier alpha value is -3.27. The zero-order chi connectivity index (χ0) is 25.3. The highest BCUT2D eigenvalue weighted by molar-refractivity contribution is 7.89. The molecule has 1 saturated heterocycles. The fourth-order valence-corrected chi connectivity index (χ4v) is 7.49.